The molecule has 0 radical (unpaired) electrons. The van der Waals surface area contributed by atoms with E-state index in [1.165, 1.54) is 0 Å². The number of ether oxygens (including phenoxy) is 1. The summed E-state index contributed by atoms with van der Waals surface area (Å²) < 4.78 is 7.40. The van der Waals surface area contributed by atoms with Gasteiger partial charge in [-0.2, -0.15) is 0 Å². The van der Waals surface area contributed by atoms with Crippen LogP contribution in [0.3, 0.4) is 0 Å². The number of carboxylic acid groups (broad SMARTS) is 1. The summed E-state index contributed by atoms with van der Waals surface area (Å²) in [6, 6.07) is -0.356. The molecule has 1 aliphatic heterocycles. The van der Waals surface area contributed by atoms with Crippen molar-refractivity contribution in [3.05, 3.63) is 18.7 Å². The molecule has 2 heterocycles. The van der Waals surface area contributed by atoms with E-state index in [1.807, 2.05) is 15.7 Å². The zero-order chi connectivity index (χ0) is 12.4. The lowest BCUT2D eigenvalue weighted by molar-refractivity contribution is -0.142. The van der Waals surface area contributed by atoms with Crippen LogP contribution in [0.15, 0.2) is 18.7 Å². The zero-order valence-electron chi connectivity index (χ0n) is 9.98. The number of nitrogens with zero attached hydrogens (tertiary/aromatic N) is 3. The summed E-state index contributed by atoms with van der Waals surface area (Å²) in [5.74, 6) is -0.800. The third-order valence-corrected chi connectivity index (χ3v) is 3.38. The van der Waals surface area contributed by atoms with Gasteiger partial charge in [-0.15, -0.1) is 0 Å². The van der Waals surface area contributed by atoms with E-state index in [9.17, 15) is 4.79 Å². The molecule has 1 N–H and O–H groups in total. The minimum atomic E-state index is -0.800. The average molecular weight is 239 g/mol. The molecule has 6 heteroatoms. The van der Waals surface area contributed by atoms with Crippen molar-refractivity contribution in [3.8, 4) is 0 Å². The van der Waals surface area contributed by atoms with Crippen LogP contribution in [-0.2, 0) is 9.53 Å². The number of rotatable bonds is 4. The third kappa shape index (κ3) is 2.32. The summed E-state index contributed by atoms with van der Waals surface area (Å²) in [6.45, 7) is 3.00. The van der Waals surface area contributed by atoms with Crippen molar-refractivity contribution in [2.75, 3.05) is 20.2 Å². The van der Waals surface area contributed by atoms with Gasteiger partial charge in [-0.1, -0.05) is 0 Å². The van der Waals surface area contributed by atoms with Crippen LogP contribution in [0.1, 0.15) is 13.0 Å². The van der Waals surface area contributed by atoms with Crippen LogP contribution in [0.4, 0.5) is 0 Å². The molecule has 0 aromatic carbocycles. The van der Waals surface area contributed by atoms with Crippen molar-refractivity contribution in [1.29, 1.82) is 0 Å². The SMILES string of the molecule is COC1CN(C(C)C(=O)O)CC1n1ccnc1. The summed E-state index contributed by atoms with van der Waals surface area (Å²) >= 11 is 0. The standard InChI is InChI=1S/C11H17N3O3/c1-8(11(15)16)14-5-9(10(6-14)17-2)13-4-3-12-7-13/h3-4,7-10H,5-6H2,1-2H3,(H,15,16). The van der Waals surface area contributed by atoms with Crippen molar-refractivity contribution in [1.82, 2.24) is 14.5 Å². The Labute approximate surface area is 99.8 Å². The van der Waals surface area contributed by atoms with Crippen LogP contribution in [0.25, 0.3) is 0 Å². The molecule has 1 saturated heterocycles. The summed E-state index contributed by atoms with van der Waals surface area (Å²) in [4.78, 5) is 16.9. The Morgan fingerprint density at radius 2 is 2.35 bits per heavy atom. The van der Waals surface area contributed by atoms with Crippen LogP contribution >= 0.6 is 0 Å². The van der Waals surface area contributed by atoms with E-state index < -0.39 is 12.0 Å². The Morgan fingerprint density at radius 3 is 2.88 bits per heavy atom. The van der Waals surface area contributed by atoms with Gasteiger partial charge in [0.25, 0.3) is 0 Å². The first-order valence-electron chi connectivity index (χ1n) is 5.60. The zero-order valence-corrected chi connectivity index (χ0v) is 9.98. The van der Waals surface area contributed by atoms with Crippen molar-refractivity contribution in [2.45, 2.75) is 25.1 Å². The van der Waals surface area contributed by atoms with Gasteiger partial charge in [-0.3, -0.25) is 9.69 Å². The molecule has 2 rings (SSSR count). The highest BCUT2D eigenvalue weighted by molar-refractivity contribution is 5.72. The molecule has 94 valence electrons. The number of methoxy groups -OCH3 is 1. The van der Waals surface area contributed by atoms with Crippen LogP contribution in [0.5, 0.6) is 0 Å². The molecular formula is C11H17N3O3. The highest BCUT2D eigenvalue weighted by Crippen LogP contribution is 2.25. The van der Waals surface area contributed by atoms with Crippen LogP contribution < -0.4 is 0 Å². The highest BCUT2D eigenvalue weighted by atomic mass is 16.5. The first kappa shape index (κ1) is 12.1. The molecule has 3 atom stereocenters. The maximum absolute atomic E-state index is 11.0. The number of carboxylic acids is 1. The predicted molar refractivity (Wildman–Crippen MR) is 60.7 cm³/mol. The fourth-order valence-corrected chi connectivity index (χ4v) is 2.24. The van der Waals surface area contributed by atoms with Gasteiger partial charge >= 0.3 is 5.97 Å². The monoisotopic (exact) mass is 239 g/mol. The van der Waals surface area contributed by atoms with Crippen LogP contribution in [-0.4, -0.2) is 57.9 Å². The summed E-state index contributed by atoms with van der Waals surface area (Å²) in [6.07, 6.45) is 5.35. The Kier molecular flexibility index (Phi) is 3.44. The lowest BCUT2D eigenvalue weighted by atomic mass is 10.2. The van der Waals surface area contributed by atoms with Crippen molar-refractivity contribution in [3.63, 3.8) is 0 Å². The van der Waals surface area contributed by atoms with E-state index >= 15 is 0 Å². The molecule has 1 aliphatic rings. The second-order valence-electron chi connectivity index (χ2n) is 4.32. The summed E-state index contributed by atoms with van der Waals surface area (Å²) in [7, 11) is 1.66. The molecule has 0 bridgehead atoms. The van der Waals surface area contributed by atoms with Gasteiger partial charge in [0.05, 0.1) is 18.5 Å². The number of imidazole rings is 1. The quantitative estimate of drug-likeness (QED) is 0.814. The normalized spacial score (nSPS) is 27.2. The molecule has 0 amide bonds. The maximum Gasteiger partial charge on any atom is 0.320 e. The largest absolute Gasteiger partial charge is 0.480 e. The molecule has 17 heavy (non-hydrogen) atoms. The first-order valence-corrected chi connectivity index (χ1v) is 5.60. The van der Waals surface area contributed by atoms with Crippen LogP contribution in [0.2, 0.25) is 0 Å². The van der Waals surface area contributed by atoms with Gasteiger partial charge in [0, 0.05) is 32.6 Å². The molecule has 3 unspecified atom stereocenters. The predicted octanol–water partition coefficient (Wildman–Crippen LogP) is 0.228. The minimum Gasteiger partial charge on any atom is -0.480 e. The molecule has 0 aliphatic carbocycles. The molecule has 0 saturated carbocycles. The highest BCUT2D eigenvalue weighted by Gasteiger charge is 2.37. The number of hydrogen-bond donors (Lipinski definition) is 1. The molecular weight excluding hydrogens is 222 g/mol. The lowest BCUT2D eigenvalue weighted by Gasteiger charge is -2.20. The van der Waals surface area contributed by atoms with Gasteiger partial charge in [0.1, 0.15) is 6.04 Å². The second kappa shape index (κ2) is 4.85. The van der Waals surface area contributed by atoms with E-state index in [1.54, 1.807) is 26.6 Å². The summed E-state index contributed by atoms with van der Waals surface area (Å²) in [5, 5.41) is 9.02. The van der Waals surface area contributed by atoms with Gasteiger partial charge in [-0.05, 0) is 6.92 Å². The first-order chi connectivity index (χ1) is 8.13. The van der Waals surface area contributed by atoms with Crippen molar-refractivity contribution < 1.29 is 14.6 Å². The van der Waals surface area contributed by atoms with E-state index in [0.29, 0.717) is 13.1 Å². The number of likely N-dealkylation sites (tertiary alicyclic amines) is 1. The second-order valence-corrected chi connectivity index (χ2v) is 4.32. The Bertz CT molecular complexity index is 379. The fourth-order valence-electron chi connectivity index (χ4n) is 2.24. The van der Waals surface area contributed by atoms with Gasteiger partial charge < -0.3 is 14.4 Å². The number of carbonyl (C=O) groups is 1. The molecule has 1 aromatic heterocycles. The number of hydrogen-bond acceptors (Lipinski definition) is 4. The van der Waals surface area contributed by atoms with Gasteiger partial charge in [0.2, 0.25) is 0 Å². The minimum absolute atomic E-state index is 0.00556. The molecule has 6 nitrogen and oxygen atoms in total. The molecule has 1 fully saturated rings. The Hall–Kier alpha value is -1.40. The van der Waals surface area contributed by atoms with Crippen LogP contribution in [0, 0.1) is 0 Å². The van der Waals surface area contributed by atoms with Crippen molar-refractivity contribution in [2.24, 2.45) is 0 Å². The fraction of sp³-hybridized carbons (Fsp3) is 0.636. The maximum atomic E-state index is 11.0. The number of aliphatic carboxylic acids is 1. The van der Waals surface area contributed by atoms with E-state index in [0.717, 1.165) is 0 Å². The molecule has 0 spiro atoms. The third-order valence-electron chi connectivity index (χ3n) is 3.38. The topological polar surface area (TPSA) is 67.6 Å². The van der Waals surface area contributed by atoms with E-state index in [2.05, 4.69) is 4.98 Å². The van der Waals surface area contributed by atoms with E-state index in [4.69, 9.17) is 9.84 Å². The lowest BCUT2D eigenvalue weighted by Crippen LogP contribution is -2.37. The Balaban J connectivity index is 2.11. The van der Waals surface area contributed by atoms with Gasteiger partial charge in [-0.25, -0.2) is 4.98 Å². The van der Waals surface area contributed by atoms with E-state index in [-0.39, 0.29) is 12.1 Å². The van der Waals surface area contributed by atoms with Crippen molar-refractivity contribution >= 4 is 5.97 Å². The Morgan fingerprint density at radius 1 is 1.59 bits per heavy atom. The molecule has 1 aromatic rings. The van der Waals surface area contributed by atoms with Gasteiger partial charge in [0.15, 0.2) is 0 Å². The average Bonchev–Trinajstić information content (AvgIpc) is 2.95. The summed E-state index contributed by atoms with van der Waals surface area (Å²) in [5.41, 5.74) is 0. The smallest absolute Gasteiger partial charge is 0.320 e. The number of aromatic nitrogens is 2.